The molecular formula is C19H22N2OS. The number of benzene rings is 2. The molecule has 0 atom stereocenters. The van der Waals surface area contributed by atoms with E-state index in [0.717, 1.165) is 31.3 Å². The van der Waals surface area contributed by atoms with E-state index in [2.05, 4.69) is 52.1 Å². The number of rotatable bonds is 3. The highest BCUT2D eigenvalue weighted by Gasteiger charge is 2.26. The van der Waals surface area contributed by atoms with Crippen molar-refractivity contribution in [2.45, 2.75) is 17.7 Å². The largest absolute Gasteiger partial charge is 0.497 e. The molecule has 3 nitrogen and oxygen atoms in total. The van der Waals surface area contributed by atoms with Crippen LogP contribution in [0.3, 0.4) is 0 Å². The van der Waals surface area contributed by atoms with Gasteiger partial charge in [0.2, 0.25) is 0 Å². The summed E-state index contributed by atoms with van der Waals surface area (Å²) in [6.45, 7) is 3.39. The third kappa shape index (κ3) is 2.93. The van der Waals surface area contributed by atoms with Gasteiger partial charge in [0.15, 0.2) is 0 Å². The first-order valence-electron chi connectivity index (χ1n) is 8.29. The van der Waals surface area contributed by atoms with Crippen LogP contribution in [-0.2, 0) is 0 Å². The fraction of sp³-hybridized carbons (Fsp3) is 0.368. The van der Waals surface area contributed by atoms with Gasteiger partial charge in [0.25, 0.3) is 0 Å². The number of fused-ring (bicyclic) bond motifs is 3. The van der Waals surface area contributed by atoms with Crippen molar-refractivity contribution in [2.24, 2.45) is 5.92 Å². The van der Waals surface area contributed by atoms with E-state index >= 15 is 0 Å². The number of anilines is 1. The number of nitrogens with zero attached hydrogens (tertiary/aromatic N) is 1. The maximum atomic E-state index is 5.46. The van der Waals surface area contributed by atoms with E-state index in [0.29, 0.717) is 0 Å². The standard InChI is InChI=1S/C19H22N2OS/c1-22-15-6-7-16-17-4-2-3-5-19(17)23-21(18(16)12-15)13-14-8-10-20-11-9-14/h2-7,12,14,20H,8-11,13H2,1H3. The molecule has 0 amide bonds. The summed E-state index contributed by atoms with van der Waals surface area (Å²) < 4.78 is 7.93. The van der Waals surface area contributed by atoms with E-state index in [-0.39, 0.29) is 0 Å². The molecule has 1 N–H and O–H groups in total. The highest BCUT2D eigenvalue weighted by molar-refractivity contribution is 8.01. The number of ether oxygens (including phenoxy) is 1. The summed E-state index contributed by atoms with van der Waals surface area (Å²) in [5.74, 6) is 1.69. The molecule has 2 heterocycles. The van der Waals surface area contributed by atoms with Crippen molar-refractivity contribution in [1.82, 2.24) is 5.32 Å². The normalized spacial score (nSPS) is 17.5. The smallest absolute Gasteiger partial charge is 0.121 e. The Hall–Kier alpha value is -1.65. The van der Waals surface area contributed by atoms with Crippen molar-refractivity contribution < 1.29 is 4.74 Å². The molecule has 4 heteroatoms. The Labute approximate surface area is 142 Å². The second kappa shape index (κ2) is 6.46. The molecule has 0 saturated carbocycles. The van der Waals surface area contributed by atoms with Crippen LogP contribution in [0.25, 0.3) is 11.1 Å². The maximum Gasteiger partial charge on any atom is 0.121 e. The van der Waals surface area contributed by atoms with Crippen LogP contribution in [0.5, 0.6) is 5.75 Å². The van der Waals surface area contributed by atoms with E-state index in [9.17, 15) is 0 Å². The van der Waals surface area contributed by atoms with Crippen molar-refractivity contribution in [3.05, 3.63) is 42.5 Å². The first-order valence-corrected chi connectivity index (χ1v) is 9.06. The van der Waals surface area contributed by atoms with Gasteiger partial charge < -0.3 is 14.4 Å². The summed E-state index contributed by atoms with van der Waals surface area (Å²) in [7, 11) is 1.74. The van der Waals surface area contributed by atoms with Crippen LogP contribution in [0.4, 0.5) is 5.69 Å². The quantitative estimate of drug-likeness (QED) is 0.855. The molecule has 0 unspecified atom stereocenters. The molecule has 1 saturated heterocycles. The molecule has 0 bridgehead atoms. The minimum atomic E-state index is 0.757. The van der Waals surface area contributed by atoms with Crippen LogP contribution in [-0.4, -0.2) is 26.7 Å². The van der Waals surface area contributed by atoms with Crippen molar-refractivity contribution >= 4 is 17.6 Å². The summed E-state index contributed by atoms with van der Waals surface area (Å²) in [5.41, 5.74) is 3.93. The molecule has 2 aliphatic heterocycles. The van der Waals surface area contributed by atoms with Gasteiger partial charge >= 0.3 is 0 Å². The SMILES string of the molecule is COc1ccc2c(c1)N(CC1CCNCC1)Sc1ccccc1-2. The van der Waals surface area contributed by atoms with Crippen LogP contribution in [0.1, 0.15) is 12.8 Å². The second-order valence-electron chi connectivity index (χ2n) is 6.22. The highest BCUT2D eigenvalue weighted by atomic mass is 32.2. The van der Waals surface area contributed by atoms with Gasteiger partial charge in [0.05, 0.1) is 12.8 Å². The van der Waals surface area contributed by atoms with Crippen molar-refractivity contribution in [1.29, 1.82) is 0 Å². The van der Waals surface area contributed by atoms with Gasteiger partial charge in [0.1, 0.15) is 5.75 Å². The monoisotopic (exact) mass is 326 g/mol. The van der Waals surface area contributed by atoms with Gasteiger partial charge in [-0.25, -0.2) is 0 Å². The van der Waals surface area contributed by atoms with E-state index in [1.807, 2.05) is 11.9 Å². The summed E-state index contributed by atoms with van der Waals surface area (Å²) in [5, 5.41) is 3.46. The van der Waals surface area contributed by atoms with Crippen molar-refractivity contribution in [3.8, 4) is 16.9 Å². The molecule has 0 aromatic heterocycles. The lowest BCUT2D eigenvalue weighted by molar-refractivity contribution is 0.384. The minimum absolute atomic E-state index is 0.757. The van der Waals surface area contributed by atoms with Crippen molar-refractivity contribution in [2.75, 3.05) is 31.0 Å². The van der Waals surface area contributed by atoms with Gasteiger partial charge in [0, 0.05) is 23.1 Å². The number of hydrogen-bond acceptors (Lipinski definition) is 4. The summed E-state index contributed by atoms with van der Waals surface area (Å²) >= 11 is 1.87. The molecule has 0 spiro atoms. The Balaban J connectivity index is 1.71. The average molecular weight is 326 g/mol. The second-order valence-corrected chi connectivity index (χ2v) is 7.29. The van der Waals surface area contributed by atoms with E-state index < -0.39 is 0 Å². The van der Waals surface area contributed by atoms with E-state index in [1.54, 1.807) is 7.11 Å². The fourth-order valence-corrected chi connectivity index (χ4v) is 4.63. The molecular weight excluding hydrogens is 304 g/mol. The lowest BCUT2D eigenvalue weighted by Gasteiger charge is -2.35. The van der Waals surface area contributed by atoms with Gasteiger partial charge in [-0.05, 0) is 67.6 Å². The predicted octanol–water partition coefficient (Wildman–Crippen LogP) is 4.19. The van der Waals surface area contributed by atoms with Gasteiger partial charge in [-0.1, -0.05) is 18.2 Å². The Kier molecular flexibility index (Phi) is 4.19. The summed E-state index contributed by atoms with van der Waals surface area (Å²) in [4.78, 5) is 1.35. The Morgan fingerprint density at radius 3 is 2.78 bits per heavy atom. The topological polar surface area (TPSA) is 24.5 Å². The molecule has 0 aliphatic carbocycles. The Morgan fingerprint density at radius 2 is 1.96 bits per heavy atom. The summed E-state index contributed by atoms with van der Waals surface area (Å²) in [6.07, 6.45) is 2.52. The van der Waals surface area contributed by atoms with Crippen LogP contribution < -0.4 is 14.4 Å². The molecule has 4 rings (SSSR count). The number of hydrogen-bond donors (Lipinski definition) is 1. The fourth-order valence-electron chi connectivity index (χ4n) is 3.44. The third-order valence-electron chi connectivity index (χ3n) is 4.74. The zero-order valence-electron chi connectivity index (χ0n) is 13.4. The van der Waals surface area contributed by atoms with Crippen LogP contribution in [0.15, 0.2) is 47.4 Å². The summed E-state index contributed by atoms with van der Waals surface area (Å²) in [6, 6.07) is 15.1. The predicted molar refractivity (Wildman–Crippen MR) is 97.2 cm³/mol. The molecule has 2 aromatic rings. The number of nitrogens with one attached hydrogen (secondary N) is 1. The number of piperidine rings is 1. The molecule has 1 fully saturated rings. The first-order chi connectivity index (χ1) is 11.3. The lowest BCUT2D eigenvalue weighted by Crippen LogP contribution is -2.34. The Bertz CT molecular complexity index is 698. The zero-order valence-corrected chi connectivity index (χ0v) is 14.2. The van der Waals surface area contributed by atoms with Crippen LogP contribution >= 0.6 is 11.9 Å². The highest BCUT2D eigenvalue weighted by Crippen LogP contribution is 2.47. The van der Waals surface area contributed by atoms with E-state index in [4.69, 9.17) is 4.74 Å². The first kappa shape index (κ1) is 14.9. The lowest BCUT2D eigenvalue weighted by atomic mass is 9.97. The zero-order chi connectivity index (χ0) is 15.6. The molecule has 0 radical (unpaired) electrons. The van der Waals surface area contributed by atoms with Crippen molar-refractivity contribution in [3.63, 3.8) is 0 Å². The minimum Gasteiger partial charge on any atom is -0.497 e. The molecule has 120 valence electrons. The van der Waals surface area contributed by atoms with Gasteiger partial charge in [-0.3, -0.25) is 0 Å². The molecule has 23 heavy (non-hydrogen) atoms. The molecule has 2 aromatic carbocycles. The van der Waals surface area contributed by atoms with Gasteiger partial charge in [-0.2, -0.15) is 0 Å². The maximum absolute atomic E-state index is 5.46. The third-order valence-corrected chi connectivity index (χ3v) is 5.86. The average Bonchev–Trinajstić information content (AvgIpc) is 2.62. The Morgan fingerprint density at radius 1 is 1.13 bits per heavy atom. The van der Waals surface area contributed by atoms with Crippen LogP contribution in [0.2, 0.25) is 0 Å². The number of methoxy groups -OCH3 is 1. The van der Waals surface area contributed by atoms with Crippen LogP contribution in [0, 0.1) is 5.92 Å². The molecule has 2 aliphatic rings. The van der Waals surface area contributed by atoms with E-state index in [1.165, 1.54) is 34.6 Å². The van der Waals surface area contributed by atoms with Gasteiger partial charge in [-0.15, -0.1) is 0 Å².